The number of hydrogen-bond acceptors (Lipinski definition) is 6. The molecule has 4 rings (SSSR count). The van der Waals surface area contributed by atoms with Crippen molar-refractivity contribution in [1.82, 2.24) is 9.66 Å². The van der Waals surface area contributed by atoms with E-state index in [1.807, 2.05) is 50.2 Å². The Hall–Kier alpha value is -4.24. The van der Waals surface area contributed by atoms with Crippen LogP contribution in [0.25, 0.3) is 10.9 Å². The Morgan fingerprint density at radius 3 is 2.62 bits per heavy atom. The summed E-state index contributed by atoms with van der Waals surface area (Å²) in [5.41, 5.74) is 3.59. The number of benzene rings is 3. The molecule has 0 atom stereocenters. The SMILES string of the molecule is C=CCc1cc(C=Nn2c(C)nc3ccc(Br)cc3c2=O)cc(OCC)c1OCC(=O)Nc1ccc(C)cc1. The van der Waals surface area contributed by atoms with Crippen LogP contribution in [-0.2, 0) is 11.2 Å². The van der Waals surface area contributed by atoms with Crippen molar-refractivity contribution in [2.45, 2.75) is 27.2 Å². The van der Waals surface area contributed by atoms with Gasteiger partial charge in [0.2, 0.25) is 0 Å². The Morgan fingerprint density at radius 2 is 1.90 bits per heavy atom. The molecule has 0 spiro atoms. The molecule has 9 heteroatoms. The van der Waals surface area contributed by atoms with Crippen LogP contribution in [0.5, 0.6) is 11.5 Å². The quantitative estimate of drug-likeness (QED) is 0.186. The first-order valence-corrected chi connectivity index (χ1v) is 13.2. The number of anilines is 1. The minimum absolute atomic E-state index is 0.196. The van der Waals surface area contributed by atoms with Gasteiger partial charge in [0, 0.05) is 15.7 Å². The number of carbonyl (C=O) groups excluding carboxylic acids is 1. The van der Waals surface area contributed by atoms with Crippen molar-refractivity contribution in [2.75, 3.05) is 18.5 Å². The number of allylic oxidation sites excluding steroid dienone is 1. The molecule has 0 unspecified atom stereocenters. The Morgan fingerprint density at radius 1 is 1.13 bits per heavy atom. The summed E-state index contributed by atoms with van der Waals surface area (Å²) < 4.78 is 13.9. The van der Waals surface area contributed by atoms with Crippen LogP contribution in [0.1, 0.15) is 29.4 Å². The van der Waals surface area contributed by atoms with E-state index < -0.39 is 0 Å². The number of amides is 1. The minimum atomic E-state index is -0.290. The van der Waals surface area contributed by atoms with Crippen molar-refractivity contribution in [3.05, 3.63) is 105 Å². The molecule has 3 aromatic carbocycles. The molecule has 0 aliphatic heterocycles. The predicted octanol–water partition coefficient (Wildman–Crippen LogP) is 5.80. The fourth-order valence-electron chi connectivity index (χ4n) is 3.98. The van der Waals surface area contributed by atoms with E-state index in [9.17, 15) is 9.59 Å². The zero-order valence-corrected chi connectivity index (χ0v) is 23.6. The van der Waals surface area contributed by atoms with E-state index in [1.54, 1.807) is 37.4 Å². The summed E-state index contributed by atoms with van der Waals surface area (Å²) in [4.78, 5) is 30.2. The summed E-state index contributed by atoms with van der Waals surface area (Å²) in [7, 11) is 0. The molecule has 0 radical (unpaired) electrons. The lowest BCUT2D eigenvalue weighted by molar-refractivity contribution is -0.118. The van der Waals surface area contributed by atoms with E-state index in [2.05, 4.69) is 37.9 Å². The maximum absolute atomic E-state index is 13.1. The van der Waals surface area contributed by atoms with Gasteiger partial charge in [0.25, 0.3) is 11.5 Å². The minimum Gasteiger partial charge on any atom is -0.490 e. The number of nitrogens with one attached hydrogen (secondary N) is 1. The van der Waals surface area contributed by atoms with E-state index in [1.165, 1.54) is 4.68 Å². The lowest BCUT2D eigenvalue weighted by Crippen LogP contribution is -2.21. The maximum atomic E-state index is 13.1. The molecule has 0 bridgehead atoms. The van der Waals surface area contributed by atoms with Gasteiger partial charge >= 0.3 is 0 Å². The Kier molecular flexibility index (Phi) is 8.93. The smallest absolute Gasteiger partial charge is 0.282 e. The maximum Gasteiger partial charge on any atom is 0.282 e. The molecule has 0 aliphatic rings. The predicted molar refractivity (Wildman–Crippen MR) is 158 cm³/mol. The van der Waals surface area contributed by atoms with Gasteiger partial charge in [-0.2, -0.15) is 9.78 Å². The number of aromatic nitrogens is 2. The Labute approximate surface area is 235 Å². The molecule has 1 aromatic heterocycles. The number of aryl methyl sites for hydroxylation is 2. The summed E-state index contributed by atoms with van der Waals surface area (Å²) in [6.07, 6.45) is 3.79. The molecule has 39 heavy (non-hydrogen) atoms. The number of rotatable bonds is 10. The fourth-order valence-corrected chi connectivity index (χ4v) is 4.34. The van der Waals surface area contributed by atoms with Gasteiger partial charge in [-0.3, -0.25) is 9.59 Å². The summed E-state index contributed by atoms with van der Waals surface area (Å²) in [6.45, 7) is 9.62. The van der Waals surface area contributed by atoms with E-state index in [4.69, 9.17) is 9.47 Å². The van der Waals surface area contributed by atoms with Crippen LogP contribution >= 0.6 is 15.9 Å². The largest absolute Gasteiger partial charge is 0.490 e. The monoisotopic (exact) mass is 588 g/mol. The van der Waals surface area contributed by atoms with Crippen LogP contribution in [0.2, 0.25) is 0 Å². The first-order valence-electron chi connectivity index (χ1n) is 12.4. The first kappa shape index (κ1) is 27.8. The van der Waals surface area contributed by atoms with Gasteiger partial charge < -0.3 is 14.8 Å². The lowest BCUT2D eigenvalue weighted by atomic mass is 10.1. The van der Waals surface area contributed by atoms with Gasteiger partial charge in [-0.05, 0) is 75.2 Å². The second-order valence-electron chi connectivity index (χ2n) is 8.82. The van der Waals surface area contributed by atoms with Crippen molar-refractivity contribution < 1.29 is 14.3 Å². The number of fused-ring (bicyclic) bond motifs is 1. The van der Waals surface area contributed by atoms with Gasteiger partial charge in [-0.15, -0.1) is 6.58 Å². The van der Waals surface area contributed by atoms with Gasteiger partial charge in [0.1, 0.15) is 5.82 Å². The molecule has 0 fully saturated rings. The zero-order valence-electron chi connectivity index (χ0n) is 22.0. The zero-order chi connectivity index (χ0) is 27.9. The molecule has 1 amide bonds. The number of nitrogens with zero attached hydrogens (tertiary/aromatic N) is 3. The van der Waals surface area contributed by atoms with E-state index in [0.29, 0.717) is 52.5 Å². The second kappa shape index (κ2) is 12.5. The first-order chi connectivity index (χ1) is 18.8. The van der Waals surface area contributed by atoms with Gasteiger partial charge in [0.05, 0.1) is 23.7 Å². The van der Waals surface area contributed by atoms with E-state index >= 15 is 0 Å². The summed E-state index contributed by atoms with van der Waals surface area (Å²) in [6, 6.07) is 16.5. The average molecular weight is 589 g/mol. The van der Waals surface area contributed by atoms with Crippen LogP contribution < -0.4 is 20.3 Å². The van der Waals surface area contributed by atoms with Crippen LogP contribution in [0, 0.1) is 13.8 Å². The Bertz CT molecular complexity index is 1610. The average Bonchev–Trinajstić information content (AvgIpc) is 2.90. The third kappa shape index (κ3) is 6.80. The van der Waals surface area contributed by atoms with Crippen LogP contribution in [-0.4, -0.2) is 35.0 Å². The normalized spacial score (nSPS) is 11.1. The Balaban J connectivity index is 1.62. The molecule has 0 saturated carbocycles. The highest BCUT2D eigenvalue weighted by Gasteiger charge is 2.15. The highest BCUT2D eigenvalue weighted by Crippen LogP contribution is 2.33. The molecule has 1 heterocycles. The van der Waals surface area contributed by atoms with Gasteiger partial charge in [-0.25, -0.2) is 4.98 Å². The van der Waals surface area contributed by atoms with Crippen LogP contribution in [0.15, 0.2) is 81.6 Å². The van der Waals surface area contributed by atoms with Crippen molar-refractivity contribution in [1.29, 1.82) is 0 Å². The highest BCUT2D eigenvalue weighted by atomic mass is 79.9. The molecule has 0 aliphatic carbocycles. The number of hydrogen-bond donors (Lipinski definition) is 1. The molecular formula is C30H29BrN4O4. The van der Waals surface area contributed by atoms with E-state index in [-0.39, 0.29) is 18.1 Å². The standard InChI is InChI=1S/C30H29BrN4O4/c1-5-7-22-14-21(17-32-35-20(4)33-26-13-10-23(31)16-25(26)30(35)37)15-27(38-6-2)29(22)39-18-28(36)34-24-11-8-19(3)9-12-24/h5,8-17H,1,6-7,18H2,2-4H3,(H,34,36). The van der Waals surface area contributed by atoms with E-state index in [0.717, 1.165) is 15.6 Å². The molecule has 4 aromatic rings. The van der Waals surface area contributed by atoms with Crippen LogP contribution in [0.4, 0.5) is 5.69 Å². The third-order valence-electron chi connectivity index (χ3n) is 5.79. The molecule has 1 N–H and O–H groups in total. The number of carbonyl (C=O) groups is 1. The summed E-state index contributed by atoms with van der Waals surface area (Å²) in [5.74, 6) is 1.09. The topological polar surface area (TPSA) is 94.8 Å². The second-order valence-corrected chi connectivity index (χ2v) is 9.73. The van der Waals surface area contributed by atoms with Crippen molar-refractivity contribution in [3.8, 4) is 11.5 Å². The molecule has 200 valence electrons. The number of ether oxygens (including phenoxy) is 2. The summed E-state index contributed by atoms with van der Waals surface area (Å²) >= 11 is 3.40. The third-order valence-corrected chi connectivity index (χ3v) is 6.29. The molecular weight excluding hydrogens is 560 g/mol. The molecule has 8 nitrogen and oxygen atoms in total. The number of halogens is 1. The lowest BCUT2D eigenvalue weighted by Gasteiger charge is -2.16. The van der Waals surface area contributed by atoms with Crippen molar-refractivity contribution in [3.63, 3.8) is 0 Å². The van der Waals surface area contributed by atoms with Gasteiger partial charge in [-0.1, -0.05) is 39.7 Å². The van der Waals surface area contributed by atoms with Crippen LogP contribution in [0.3, 0.4) is 0 Å². The molecule has 0 saturated heterocycles. The highest BCUT2D eigenvalue weighted by molar-refractivity contribution is 9.10. The summed E-state index contributed by atoms with van der Waals surface area (Å²) in [5, 5.41) is 7.72. The fraction of sp³-hybridized carbons (Fsp3) is 0.200. The van der Waals surface area contributed by atoms with Crippen molar-refractivity contribution >= 4 is 44.6 Å². The van der Waals surface area contributed by atoms with Crippen molar-refractivity contribution in [2.24, 2.45) is 5.10 Å². The van der Waals surface area contributed by atoms with Gasteiger partial charge in [0.15, 0.2) is 18.1 Å².